The molecular weight excluding hydrogens is 297 g/mol. The van der Waals surface area contributed by atoms with Crippen LogP contribution in [0, 0.1) is 12.7 Å². The van der Waals surface area contributed by atoms with E-state index in [2.05, 4.69) is 15.9 Å². The molecule has 4 heteroatoms. The Hall–Kier alpha value is -0.900. The predicted octanol–water partition coefficient (Wildman–Crippen LogP) is 3.52. The van der Waals surface area contributed by atoms with Gasteiger partial charge in [0.2, 0.25) is 0 Å². The number of hydrogen-bond donors (Lipinski definition) is 0. The summed E-state index contributed by atoms with van der Waals surface area (Å²) in [5.74, 6) is -0.568. The molecular formula is C14H17BrFNO. The third-order valence-electron chi connectivity index (χ3n) is 3.49. The highest BCUT2D eigenvalue weighted by Gasteiger charge is 2.28. The molecule has 1 fully saturated rings. The molecule has 2 nitrogen and oxygen atoms in total. The van der Waals surface area contributed by atoms with Crippen molar-refractivity contribution in [3.05, 3.63) is 35.1 Å². The van der Waals surface area contributed by atoms with Crippen LogP contribution in [-0.2, 0) is 0 Å². The van der Waals surface area contributed by atoms with Gasteiger partial charge in [0.05, 0.1) is 5.56 Å². The number of likely N-dealkylation sites (tertiary alicyclic amines) is 1. The molecule has 1 aliphatic rings. The summed E-state index contributed by atoms with van der Waals surface area (Å²) in [6.45, 7) is 2.41. The molecule has 1 unspecified atom stereocenters. The van der Waals surface area contributed by atoms with Gasteiger partial charge < -0.3 is 4.90 Å². The molecule has 1 aromatic carbocycles. The van der Waals surface area contributed by atoms with Crippen LogP contribution in [-0.4, -0.2) is 28.7 Å². The van der Waals surface area contributed by atoms with Gasteiger partial charge in [-0.05, 0) is 37.8 Å². The Balaban J connectivity index is 2.27. The van der Waals surface area contributed by atoms with Gasteiger partial charge in [0, 0.05) is 17.9 Å². The maximum atomic E-state index is 14.0. The van der Waals surface area contributed by atoms with Crippen LogP contribution < -0.4 is 0 Å². The van der Waals surface area contributed by atoms with E-state index < -0.39 is 0 Å². The number of benzene rings is 1. The highest BCUT2D eigenvalue weighted by Crippen LogP contribution is 2.22. The minimum Gasteiger partial charge on any atom is -0.335 e. The van der Waals surface area contributed by atoms with E-state index in [1.165, 1.54) is 0 Å². The molecule has 1 heterocycles. The van der Waals surface area contributed by atoms with Crippen molar-refractivity contribution in [1.29, 1.82) is 0 Å². The lowest BCUT2D eigenvalue weighted by molar-refractivity contribution is 0.0637. The van der Waals surface area contributed by atoms with Crippen molar-refractivity contribution in [1.82, 2.24) is 4.90 Å². The summed E-state index contributed by atoms with van der Waals surface area (Å²) in [7, 11) is 0. The van der Waals surface area contributed by atoms with E-state index in [-0.39, 0.29) is 23.3 Å². The third-order valence-corrected chi connectivity index (χ3v) is 4.24. The van der Waals surface area contributed by atoms with E-state index in [1.807, 2.05) is 0 Å². The van der Waals surface area contributed by atoms with Gasteiger partial charge in [-0.15, -0.1) is 0 Å². The molecule has 18 heavy (non-hydrogen) atoms. The molecule has 0 saturated carbocycles. The molecule has 0 spiro atoms. The maximum Gasteiger partial charge on any atom is 0.257 e. The Labute approximate surface area is 115 Å². The van der Waals surface area contributed by atoms with Crippen LogP contribution in [0.25, 0.3) is 0 Å². The molecule has 98 valence electrons. The zero-order valence-electron chi connectivity index (χ0n) is 10.5. The first-order valence-electron chi connectivity index (χ1n) is 6.27. The number of alkyl halides is 1. The highest BCUT2D eigenvalue weighted by molar-refractivity contribution is 9.09. The highest BCUT2D eigenvalue weighted by atomic mass is 79.9. The molecule has 2 rings (SSSR count). The van der Waals surface area contributed by atoms with Crippen molar-refractivity contribution in [2.75, 3.05) is 11.9 Å². The quantitative estimate of drug-likeness (QED) is 0.765. The smallest absolute Gasteiger partial charge is 0.257 e. The van der Waals surface area contributed by atoms with Crippen LogP contribution in [0.5, 0.6) is 0 Å². The third kappa shape index (κ3) is 2.58. The first-order valence-corrected chi connectivity index (χ1v) is 7.39. The summed E-state index contributed by atoms with van der Waals surface area (Å²) in [4.78, 5) is 14.2. The lowest BCUT2D eigenvalue weighted by Crippen LogP contribution is -2.45. The summed E-state index contributed by atoms with van der Waals surface area (Å²) in [5.41, 5.74) is 0.719. The summed E-state index contributed by atoms with van der Waals surface area (Å²) in [6.07, 6.45) is 3.13. The molecule has 0 bridgehead atoms. The number of piperidine rings is 1. The minimum atomic E-state index is -0.388. The second-order valence-electron chi connectivity index (χ2n) is 4.74. The fourth-order valence-electron chi connectivity index (χ4n) is 2.40. The molecule has 0 aliphatic carbocycles. The van der Waals surface area contributed by atoms with Gasteiger partial charge in [-0.2, -0.15) is 0 Å². The van der Waals surface area contributed by atoms with Crippen LogP contribution in [0.1, 0.15) is 35.2 Å². The fourth-order valence-corrected chi connectivity index (χ4v) is 3.07. The van der Waals surface area contributed by atoms with Crippen LogP contribution in [0.4, 0.5) is 4.39 Å². The lowest BCUT2D eigenvalue weighted by atomic mass is 10.0. The van der Waals surface area contributed by atoms with Crippen molar-refractivity contribution >= 4 is 21.8 Å². The number of hydrogen-bond acceptors (Lipinski definition) is 1. The summed E-state index contributed by atoms with van der Waals surface area (Å²) >= 11 is 3.44. The largest absolute Gasteiger partial charge is 0.335 e. The molecule has 0 N–H and O–H groups in total. The van der Waals surface area contributed by atoms with Crippen molar-refractivity contribution in [2.45, 2.75) is 32.2 Å². The molecule has 1 amide bonds. The molecule has 1 aromatic rings. The van der Waals surface area contributed by atoms with Crippen LogP contribution in [0.2, 0.25) is 0 Å². The van der Waals surface area contributed by atoms with E-state index in [0.29, 0.717) is 5.56 Å². The Morgan fingerprint density at radius 2 is 2.28 bits per heavy atom. The zero-order chi connectivity index (χ0) is 13.1. The van der Waals surface area contributed by atoms with Crippen molar-refractivity contribution < 1.29 is 9.18 Å². The molecule has 1 aliphatic heterocycles. The molecule has 0 aromatic heterocycles. The van der Waals surface area contributed by atoms with Crippen LogP contribution >= 0.6 is 15.9 Å². The Bertz CT molecular complexity index is 449. The summed E-state index contributed by atoms with van der Waals surface area (Å²) in [5, 5.41) is 0.756. The van der Waals surface area contributed by atoms with Crippen LogP contribution in [0.3, 0.4) is 0 Å². The monoisotopic (exact) mass is 313 g/mol. The molecule has 0 radical (unpaired) electrons. The van der Waals surface area contributed by atoms with Gasteiger partial charge in [-0.25, -0.2) is 4.39 Å². The SMILES string of the molecule is Cc1cccc(C(=O)N2CCCCC2CBr)c1F. The number of carbonyl (C=O) groups is 1. The van der Waals surface area contributed by atoms with Gasteiger partial charge in [0.15, 0.2) is 0 Å². The topological polar surface area (TPSA) is 20.3 Å². The molecule has 1 saturated heterocycles. The van der Waals surface area contributed by atoms with Gasteiger partial charge in [0.25, 0.3) is 5.91 Å². The fraction of sp³-hybridized carbons (Fsp3) is 0.500. The minimum absolute atomic E-state index is 0.180. The number of rotatable bonds is 2. The van der Waals surface area contributed by atoms with E-state index in [4.69, 9.17) is 0 Å². The number of amides is 1. The molecule has 1 atom stereocenters. The van der Waals surface area contributed by atoms with Gasteiger partial charge in [-0.1, -0.05) is 28.1 Å². The van der Waals surface area contributed by atoms with E-state index in [9.17, 15) is 9.18 Å². The first-order chi connectivity index (χ1) is 8.65. The van der Waals surface area contributed by atoms with E-state index >= 15 is 0 Å². The maximum absolute atomic E-state index is 14.0. The zero-order valence-corrected chi connectivity index (χ0v) is 12.0. The van der Waals surface area contributed by atoms with Crippen molar-refractivity contribution in [3.8, 4) is 0 Å². The summed E-state index contributed by atoms with van der Waals surface area (Å²) < 4.78 is 14.0. The predicted molar refractivity (Wildman–Crippen MR) is 73.6 cm³/mol. The normalized spacial score (nSPS) is 19.9. The van der Waals surface area contributed by atoms with E-state index in [0.717, 1.165) is 31.1 Å². The van der Waals surface area contributed by atoms with Gasteiger partial charge in [-0.3, -0.25) is 4.79 Å². The van der Waals surface area contributed by atoms with E-state index in [1.54, 1.807) is 30.0 Å². The first kappa shape index (κ1) is 13.5. The average Bonchev–Trinajstić information content (AvgIpc) is 2.41. The number of nitrogens with zero attached hydrogens (tertiary/aromatic N) is 1. The second-order valence-corrected chi connectivity index (χ2v) is 5.39. The Morgan fingerprint density at radius 1 is 1.50 bits per heavy atom. The number of carbonyl (C=O) groups excluding carboxylic acids is 1. The summed E-state index contributed by atoms with van der Waals surface area (Å²) in [6, 6.07) is 5.18. The lowest BCUT2D eigenvalue weighted by Gasteiger charge is -2.35. The standard InChI is InChI=1S/C14H17BrFNO/c1-10-5-4-7-12(13(10)16)14(18)17-8-3-2-6-11(17)9-15/h4-5,7,11H,2-3,6,8-9H2,1H3. The number of halogens is 2. The second kappa shape index (κ2) is 5.83. The van der Waals surface area contributed by atoms with Crippen molar-refractivity contribution in [2.24, 2.45) is 0 Å². The van der Waals surface area contributed by atoms with Crippen LogP contribution in [0.15, 0.2) is 18.2 Å². The van der Waals surface area contributed by atoms with Gasteiger partial charge in [0.1, 0.15) is 5.82 Å². The Morgan fingerprint density at radius 3 is 3.00 bits per heavy atom. The Kier molecular flexibility index (Phi) is 4.38. The van der Waals surface area contributed by atoms with Crippen molar-refractivity contribution in [3.63, 3.8) is 0 Å². The number of aryl methyl sites for hydroxylation is 1. The average molecular weight is 314 g/mol. The van der Waals surface area contributed by atoms with Gasteiger partial charge >= 0.3 is 0 Å².